The molecule has 0 saturated carbocycles. The quantitative estimate of drug-likeness (QED) is 0.891. The molecule has 128 valence electrons. The van der Waals surface area contributed by atoms with E-state index in [0.717, 1.165) is 16.3 Å². The Balaban J connectivity index is 2.22. The molecule has 0 heterocycles. The van der Waals surface area contributed by atoms with Crippen LogP contribution in [0.2, 0.25) is 0 Å². The fourth-order valence-electron chi connectivity index (χ4n) is 2.52. The summed E-state index contributed by atoms with van der Waals surface area (Å²) in [4.78, 5) is 23.5. The predicted molar refractivity (Wildman–Crippen MR) is 93.2 cm³/mol. The predicted octanol–water partition coefficient (Wildman–Crippen LogP) is 3.92. The lowest BCUT2D eigenvalue weighted by Gasteiger charge is -2.25. The molecular formula is C19H23NO4. The number of carbonyl (C=O) groups excluding carboxylic acids is 1. The molecule has 2 atom stereocenters. The van der Waals surface area contributed by atoms with Gasteiger partial charge < -0.3 is 15.2 Å². The summed E-state index contributed by atoms with van der Waals surface area (Å²) >= 11 is 0. The van der Waals surface area contributed by atoms with Crippen LogP contribution in [-0.2, 0) is 9.53 Å². The first-order valence-electron chi connectivity index (χ1n) is 7.88. The number of hydrogen-bond donors (Lipinski definition) is 2. The smallest absolute Gasteiger partial charge is 0.408 e. The Hall–Kier alpha value is -2.56. The lowest BCUT2D eigenvalue weighted by Crippen LogP contribution is -2.46. The summed E-state index contributed by atoms with van der Waals surface area (Å²) in [6, 6.07) is 12.6. The molecule has 2 aromatic carbocycles. The number of benzene rings is 2. The van der Waals surface area contributed by atoms with Crippen LogP contribution in [0.25, 0.3) is 10.8 Å². The van der Waals surface area contributed by atoms with Gasteiger partial charge >= 0.3 is 12.1 Å². The van der Waals surface area contributed by atoms with Crippen molar-refractivity contribution in [2.24, 2.45) is 0 Å². The largest absolute Gasteiger partial charge is 0.480 e. The van der Waals surface area contributed by atoms with Gasteiger partial charge in [-0.1, -0.05) is 49.4 Å². The number of alkyl carbamates (subject to hydrolysis) is 1. The number of carboxylic acid groups (broad SMARTS) is 1. The second-order valence-electron chi connectivity index (χ2n) is 6.86. The number of amides is 1. The maximum atomic E-state index is 11.9. The second-order valence-corrected chi connectivity index (χ2v) is 6.86. The molecule has 5 heteroatoms. The van der Waals surface area contributed by atoms with Crippen LogP contribution in [0.5, 0.6) is 0 Å². The number of nitrogens with one attached hydrogen (secondary N) is 1. The standard InChI is InChI=1S/C19H23NO4/c1-12(14-10-9-13-7-5-6-8-15(13)11-14)16(17(21)22)20-18(23)24-19(2,3)4/h5-12,16H,1-4H3,(H,20,23)(H,21,22)/t12-,16+/m0/s1. The van der Waals surface area contributed by atoms with Gasteiger partial charge in [0.2, 0.25) is 0 Å². The minimum Gasteiger partial charge on any atom is -0.480 e. The first-order chi connectivity index (χ1) is 11.2. The number of carboxylic acids is 1. The zero-order valence-electron chi connectivity index (χ0n) is 14.4. The van der Waals surface area contributed by atoms with E-state index in [1.807, 2.05) is 42.5 Å². The molecule has 0 fully saturated rings. The highest BCUT2D eigenvalue weighted by Gasteiger charge is 2.29. The Kier molecular flexibility index (Phi) is 5.12. The third-order valence-corrected chi connectivity index (χ3v) is 3.74. The summed E-state index contributed by atoms with van der Waals surface area (Å²) in [6.07, 6.45) is -0.734. The van der Waals surface area contributed by atoms with Crippen molar-refractivity contribution >= 4 is 22.8 Å². The van der Waals surface area contributed by atoms with Crippen molar-refractivity contribution in [3.8, 4) is 0 Å². The molecule has 2 rings (SSSR count). The average molecular weight is 329 g/mol. The van der Waals surface area contributed by atoms with Crippen LogP contribution < -0.4 is 5.32 Å². The van der Waals surface area contributed by atoms with E-state index in [0.29, 0.717) is 0 Å². The first-order valence-corrected chi connectivity index (χ1v) is 7.88. The van der Waals surface area contributed by atoms with Gasteiger partial charge in [0.15, 0.2) is 0 Å². The first kappa shape index (κ1) is 17.8. The molecule has 0 aliphatic carbocycles. The monoisotopic (exact) mass is 329 g/mol. The van der Waals surface area contributed by atoms with Gasteiger partial charge in [0.25, 0.3) is 0 Å². The Labute approximate surface area is 141 Å². The second kappa shape index (κ2) is 6.91. The van der Waals surface area contributed by atoms with Gasteiger partial charge in [0.1, 0.15) is 11.6 Å². The van der Waals surface area contributed by atoms with E-state index in [9.17, 15) is 14.7 Å². The number of hydrogen-bond acceptors (Lipinski definition) is 3. The highest BCUT2D eigenvalue weighted by Crippen LogP contribution is 2.24. The van der Waals surface area contributed by atoms with E-state index in [2.05, 4.69) is 5.32 Å². The van der Waals surface area contributed by atoms with Gasteiger partial charge in [0.05, 0.1) is 0 Å². The van der Waals surface area contributed by atoms with Crippen LogP contribution in [0.4, 0.5) is 4.79 Å². The van der Waals surface area contributed by atoms with Crippen molar-refractivity contribution in [3.63, 3.8) is 0 Å². The average Bonchev–Trinajstić information content (AvgIpc) is 2.49. The van der Waals surface area contributed by atoms with Crippen LogP contribution in [-0.4, -0.2) is 28.8 Å². The van der Waals surface area contributed by atoms with Crippen molar-refractivity contribution < 1.29 is 19.4 Å². The maximum absolute atomic E-state index is 11.9. The molecule has 0 spiro atoms. The summed E-state index contributed by atoms with van der Waals surface area (Å²) in [5.41, 5.74) is 0.163. The van der Waals surface area contributed by atoms with Crippen molar-refractivity contribution in [1.29, 1.82) is 0 Å². The maximum Gasteiger partial charge on any atom is 0.408 e. The molecule has 0 aliphatic rings. The third-order valence-electron chi connectivity index (χ3n) is 3.74. The molecule has 0 radical (unpaired) electrons. The number of ether oxygens (including phenoxy) is 1. The molecular weight excluding hydrogens is 306 g/mol. The van der Waals surface area contributed by atoms with Gasteiger partial charge in [-0.05, 0) is 37.1 Å². The molecule has 5 nitrogen and oxygen atoms in total. The summed E-state index contributed by atoms with van der Waals surface area (Å²) in [5, 5.41) is 14.1. The van der Waals surface area contributed by atoms with Crippen molar-refractivity contribution in [3.05, 3.63) is 48.0 Å². The zero-order chi connectivity index (χ0) is 17.9. The van der Waals surface area contributed by atoms with Gasteiger partial charge in [-0.25, -0.2) is 9.59 Å². The zero-order valence-corrected chi connectivity index (χ0v) is 14.4. The minimum absolute atomic E-state index is 0.403. The summed E-state index contributed by atoms with van der Waals surface area (Å²) in [6.45, 7) is 6.97. The van der Waals surface area contributed by atoms with E-state index in [1.165, 1.54) is 0 Å². The highest BCUT2D eigenvalue weighted by molar-refractivity contribution is 5.84. The van der Waals surface area contributed by atoms with Crippen LogP contribution in [0.1, 0.15) is 39.2 Å². The fraction of sp³-hybridized carbons (Fsp3) is 0.368. The molecule has 2 N–H and O–H groups in total. The lowest BCUT2D eigenvalue weighted by atomic mass is 9.91. The SMILES string of the molecule is C[C@@H](c1ccc2ccccc2c1)[C@@H](NC(=O)OC(C)(C)C)C(=O)O. The van der Waals surface area contributed by atoms with E-state index < -0.39 is 29.6 Å². The Morgan fingerprint density at radius 2 is 1.71 bits per heavy atom. The fourth-order valence-corrected chi connectivity index (χ4v) is 2.52. The number of rotatable bonds is 4. The Morgan fingerprint density at radius 3 is 2.29 bits per heavy atom. The Morgan fingerprint density at radius 1 is 1.08 bits per heavy atom. The van der Waals surface area contributed by atoms with E-state index in [-0.39, 0.29) is 0 Å². The molecule has 0 saturated heterocycles. The van der Waals surface area contributed by atoms with Crippen LogP contribution in [0, 0.1) is 0 Å². The van der Waals surface area contributed by atoms with Gasteiger partial charge in [0, 0.05) is 5.92 Å². The van der Waals surface area contributed by atoms with Gasteiger partial charge in [-0.15, -0.1) is 0 Å². The Bertz CT molecular complexity index is 748. The summed E-state index contributed by atoms with van der Waals surface area (Å²) in [5.74, 6) is -1.50. The normalized spacial score (nSPS) is 14.0. The lowest BCUT2D eigenvalue weighted by molar-refractivity contribution is -0.140. The topological polar surface area (TPSA) is 75.6 Å². The van der Waals surface area contributed by atoms with Gasteiger partial charge in [-0.3, -0.25) is 0 Å². The number of carbonyl (C=O) groups is 2. The molecule has 2 aromatic rings. The molecule has 0 aliphatic heterocycles. The van der Waals surface area contributed by atoms with Gasteiger partial charge in [-0.2, -0.15) is 0 Å². The van der Waals surface area contributed by atoms with Crippen LogP contribution in [0.3, 0.4) is 0 Å². The van der Waals surface area contributed by atoms with Crippen molar-refractivity contribution in [1.82, 2.24) is 5.32 Å². The minimum atomic E-state index is -1.10. The van der Waals surface area contributed by atoms with Crippen molar-refractivity contribution in [2.45, 2.75) is 45.3 Å². The molecule has 0 bridgehead atoms. The highest BCUT2D eigenvalue weighted by atomic mass is 16.6. The number of aliphatic carboxylic acids is 1. The molecule has 24 heavy (non-hydrogen) atoms. The van der Waals surface area contributed by atoms with Crippen LogP contribution in [0.15, 0.2) is 42.5 Å². The molecule has 1 amide bonds. The summed E-state index contributed by atoms with van der Waals surface area (Å²) in [7, 11) is 0. The molecule has 0 aromatic heterocycles. The van der Waals surface area contributed by atoms with E-state index >= 15 is 0 Å². The molecule has 0 unspecified atom stereocenters. The van der Waals surface area contributed by atoms with E-state index in [4.69, 9.17) is 4.74 Å². The number of fused-ring (bicyclic) bond motifs is 1. The van der Waals surface area contributed by atoms with Crippen molar-refractivity contribution in [2.75, 3.05) is 0 Å². The van der Waals surface area contributed by atoms with Crippen LogP contribution >= 0.6 is 0 Å². The third kappa shape index (κ3) is 4.47. The van der Waals surface area contributed by atoms with E-state index in [1.54, 1.807) is 27.7 Å². The summed E-state index contributed by atoms with van der Waals surface area (Å²) < 4.78 is 5.16.